The van der Waals surface area contributed by atoms with Crippen LogP contribution in [0.3, 0.4) is 0 Å². The van der Waals surface area contributed by atoms with Crippen LogP contribution in [0.2, 0.25) is 0 Å². The van der Waals surface area contributed by atoms with E-state index in [1.54, 1.807) is 0 Å². The van der Waals surface area contributed by atoms with Crippen molar-refractivity contribution >= 4 is 0 Å². The Kier molecular flexibility index (Phi) is 5.03. The van der Waals surface area contributed by atoms with Crippen LogP contribution in [0.15, 0.2) is 12.4 Å². The minimum atomic E-state index is 0.708. The lowest BCUT2D eigenvalue weighted by molar-refractivity contribution is 0.122. The zero-order valence-electron chi connectivity index (χ0n) is 13.0. The highest BCUT2D eigenvalue weighted by Gasteiger charge is 2.21. The number of aromatic nitrogens is 2. The van der Waals surface area contributed by atoms with Crippen LogP contribution in [0.4, 0.5) is 0 Å². The fraction of sp³-hybridized carbons (Fsp3) is 0.812. The molecule has 0 atom stereocenters. The summed E-state index contributed by atoms with van der Waals surface area (Å²) < 4.78 is 2.10. The molecule has 0 saturated carbocycles. The Bertz CT molecular complexity index is 373. The fourth-order valence-electron chi connectivity index (χ4n) is 3.03. The third-order valence-electron chi connectivity index (χ3n) is 4.25. The molecular formula is C16H29N3. The van der Waals surface area contributed by atoms with Gasteiger partial charge in [-0.1, -0.05) is 27.7 Å². The van der Waals surface area contributed by atoms with Crippen molar-refractivity contribution in [3.05, 3.63) is 18.0 Å². The predicted octanol–water partition coefficient (Wildman–Crippen LogP) is 3.41. The summed E-state index contributed by atoms with van der Waals surface area (Å²) in [5.74, 6) is 2.47. The Balaban J connectivity index is 1.80. The molecule has 0 aliphatic carbocycles. The first kappa shape index (κ1) is 14.6. The topological polar surface area (TPSA) is 21.1 Å². The summed E-state index contributed by atoms with van der Waals surface area (Å²) in [6, 6.07) is 0. The van der Waals surface area contributed by atoms with Crippen molar-refractivity contribution in [3.63, 3.8) is 0 Å². The van der Waals surface area contributed by atoms with Gasteiger partial charge in [0.15, 0.2) is 0 Å². The molecule has 1 fully saturated rings. The van der Waals surface area contributed by atoms with Gasteiger partial charge in [-0.2, -0.15) is 5.10 Å². The summed E-state index contributed by atoms with van der Waals surface area (Å²) in [6.45, 7) is 12.6. The zero-order chi connectivity index (χ0) is 13.8. The first-order valence-electron chi connectivity index (χ1n) is 7.78. The van der Waals surface area contributed by atoms with E-state index in [-0.39, 0.29) is 0 Å². The number of likely N-dealkylation sites (tertiary alicyclic amines) is 1. The second-order valence-corrected chi connectivity index (χ2v) is 6.83. The lowest BCUT2D eigenvalue weighted by atomic mass is 9.87. The van der Waals surface area contributed by atoms with Gasteiger partial charge in [0.1, 0.15) is 0 Å². The maximum atomic E-state index is 4.49. The van der Waals surface area contributed by atoms with Gasteiger partial charge in [0, 0.05) is 19.3 Å². The molecule has 0 radical (unpaired) electrons. The van der Waals surface area contributed by atoms with Crippen molar-refractivity contribution < 1.29 is 0 Å². The summed E-state index contributed by atoms with van der Waals surface area (Å²) in [7, 11) is 0. The summed E-state index contributed by atoms with van der Waals surface area (Å²) in [5.41, 5.74) is 1.37. The summed E-state index contributed by atoms with van der Waals surface area (Å²) in [4.78, 5) is 2.53. The smallest absolute Gasteiger partial charge is 0.0928 e. The molecule has 108 valence electrons. The molecule has 3 heteroatoms. The average Bonchev–Trinajstić information content (AvgIpc) is 2.76. The highest BCUT2D eigenvalue weighted by Crippen LogP contribution is 2.24. The molecule has 1 aliphatic heterocycles. The number of piperidine rings is 1. The van der Waals surface area contributed by atoms with Crippen molar-refractivity contribution in [3.8, 4) is 0 Å². The minimum Gasteiger partial charge on any atom is -0.284 e. The van der Waals surface area contributed by atoms with Crippen LogP contribution >= 0.6 is 0 Å². The van der Waals surface area contributed by atoms with E-state index in [0.29, 0.717) is 5.92 Å². The molecule has 1 aliphatic rings. The molecule has 0 unspecified atom stereocenters. The second-order valence-electron chi connectivity index (χ2n) is 6.83. The molecule has 2 heterocycles. The van der Waals surface area contributed by atoms with Crippen LogP contribution in [0.1, 0.15) is 46.1 Å². The molecule has 1 aromatic heterocycles. The zero-order valence-corrected chi connectivity index (χ0v) is 13.0. The van der Waals surface area contributed by atoms with Crippen LogP contribution in [-0.2, 0) is 13.1 Å². The van der Waals surface area contributed by atoms with E-state index in [1.807, 2.05) is 6.20 Å². The Labute approximate surface area is 118 Å². The van der Waals surface area contributed by atoms with Crippen molar-refractivity contribution in [1.82, 2.24) is 14.7 Å². The third-order valence-corrected chi connectivity index (χ3v) is 4.25. The second kappa shape index (κ2) is 6.56. The molecule has 2 rings (SSSR count). The highest BCUT2D eigenvalue weighted by atomic mass is 15.4. The van der Waals surface area contributed by atoms with E-state index >= 15 is 0 Å². The SMILES string of the molecule is CC(C)Cc1cnn(CN2CCC(C(C)C)CC2)c1. The largest absolute Gasteiger partial charge is 0.284 e. The molecule has 1 aromatic rings. The van der Waals surface area contributed by atoms with Crippen LogP contribution in [0.25, 0.3) is 0 Å². The lowest BCUT2D eigenvalue weighted by Gasteiger charge is -2.33. The van der Waals surface area contributed by atoms with E-state index < -0.39 is 0 Å². The van der Waals surface area contributed by atoms with Crippen LogP contribution in [-0.4, -0.2) is 27.8 Å². The van der Waals surface area contributed by atoms with E-state index in [2.05, 4.69) is 48.6 Å². The number of hydrogen-bond donors (Lipinski definition) is 0. The van der Waals surface area contributed by atoms with E-state index in [1.165, 1.54) is 31.5 Å². The van der Waals surface area contributed by atoms with E-state index in [4.69, 9.17) is 0 Å². The number of hydrogen-bond acceptors (Lipinski definition) is 2. The van der Waals surface area contributed by atoms with Crippen LogP contribution in [0, 0.1) is 17.8 Å². The lowest BCUT2D eigenvalue weighted by Crippen LogP contribution is -2.36. The summed E-state index contributed by atoms with van der Waals surface area (Å²) in [5, 5.41) is 4.49. The maximum absolute atomic E-state index is 4.49. The normalized spacial score (nSPS) is 18.6. The van der Waals surface area contributed by atoms with Crippen molar-refractivity contribution in [2.24, 2.45) is 17.8 Å². The highest BCUT2D eigenvalue weighted by molar-refractivity contribution is 5.04. The molecule has 1 saturated heterocycles. The molecular weight excluding hydrogens is 234 g/mol. The standard InChI is InChI=1S/C16H29N3/c1-13(2)9-15-10-17-19(11-15)12-18-7-5-16(6-8-18)14(3)4/h10-11,13-14,16H,5-9,12H2,1-4H3. The summed E-state index contributed by atoms with van der Waals surface area (Å²) >= 11 is 0. The molecule has 3 nitrogen and oxygen atoms in total. The first-order chi connectivity index (χ1) is 9.04. The molecule has 0 bridgehead atoms. The maximum Gasteiger partial charge on any atom is 0.0928 e. The van der Waals surface area contributed by atoms with Gasteiger partial charge in [-0.05, 0) is 42.6 Å². The average molecular weight is 263 g/mol. The van der Waals surface area contributed by atoms with Gasteiger partial charge in [-0.25, -0.2) is 0 Å². The molecule has 0 aromatic carbocycles. The fourth-order valence-corrected chi connectivity index (χ4v) is 3.03. The summed E-state index contributed by atoms with van der Waals surface area (Å²) in [6.07, 6.45) is 8.07. The van der Waals surface area contributed by atoms with E-state index in [0.717, 1.165) is 24.9 Å². The van der Waals surface area contributed by atoms with Crippen LogP contribution < -0.4 is 0 Å². The monoisotopic (exact) mass is 263 g/mol. The first-order valence-corrected chi connectivity index (χ1v) is 7.78. The number of nitrogens with zero attached hydrogens (tertiary/aromatic N) is 3. The third kappa shape index (κ3) is 4.34. The Morgan fingerprint density at radius 3 is 2.47 bits per heavy atom. The quantitative estimate of drug-likeness (QED) is 0.812. The van der Waals surface area contributed by atoms with E-state index in [9.17, 15) is 0 Å². The van der Waals surface area contributed by atoms with Gasteiger partial charge in [0.05, 0.1) is 12.9 Å². The Morgan fingerprint density at radius 2 is 1.89 bits per heavy atom. The van der Waals surface area contributed by atoms with Gasteiger partial charge in [-0.15, -0.1) is 0 Å². The van der Waals surface area contributed by atoms with Gasteiger partial charge in [0.2, 0.25) is 0 Å². The van der Waals surface area contributed by atoms with Gasteiger partial charge in [-0.3, -0.25) is 9.58 Å². The molecule has 0 amide bonds. The molecule has 19 heavy (non-hydrogen) atoms. The molecule has 0 N–H and O–H groups in total. The van der Waals surface area contributed by atoms with Crippen molar-refractivity contribution in [1.29, 1.82) is 0 Å². The molecule has 0 spiro atoms. The minimum absolute atomic E-state index is 0.708. The Morgan fingerprint density at radius 1 is 1.21 bits per heavy atom. The van der Waals surface area contributed by atoms with Crippen molar-refractivity contribution in [2.45, 2.75) is 53.6 Å². The van der Waals surface area contributed by atoms with Crippen molar-refractivity contribution in [2.75, 3.05) is 13.1 Å². The number of rotatable bonds is 5. The van der Waals surface area contributed by atoms with Crippen LogP contribution in [0.5, 0.6) is 0 Å². The predicted molar refractivity (Wildman–Crippen MR) is 79.9 cm³/mol. The Hall–Kier alpha value is -0.830. The van der Waals surface area contributed by atoms with Gasteiger partial charge < -0.3 is 0 Å². The van der Waals surface area contributed by atoms with Gasteiger partial charge in [0.25, 0.3) is 0 Å². The van der Waals surface area contributed by atoms with Gasteiger partial charge >= 0.3 is 0 Å².